The standard InChI is InChI=1S/C38H38BrN2O5PS/c1-38(2,3)46-37(44)34-28(26-48(45)36-33(35(43)41(34)36)40-32(42)24-27-16-8-4-9-17-27)25-47(39,29-18-10-5-11-19-29,30-20-12-6-13-21-30)31-22-14-7-15-23-31/h4-23,33,36H,24-26H2,1-3H3,(H,40,42)/t33-,36-,48?/m1/s1. The molecule has 2 amide bonds. The topological polar surface area (TPSA) is 92.8 Å². The average molecular weight is 746 g/mol. The van der Waals surface area contributed by atoms with Crippen molar-refractivity contribution in [1.29, 1.82) is 0 Å². The van der Waals surface area contributed by atoms with Crippen molar-refractivity contribution < 1.29 is 23.3 Å². The Morgan fingerprint density at radius 1 is 0.833 bits per heavy atom. The summed E-state index contributed by atoms with van der Waals surface area (Å²) in [6.07, 6.45) is 0.360. The number of esters is 1. The number of nitrogens with one attached hydrogen (secondary N) is 1. The summed E-state index contributed by atoms with van der Waals surface area (Å²) in [4.78, 5) is 42.5. The van der Waals surface area contributed by atoms with Crippen LogP contribution in [0.25, 0.3) is 0 Å². The van der Waals surface area contributed by atoms with E-state index in [1.165, 1.54) is 4.90 Å². The number of amides is 2. The molecule has 6 rings (SSSR count). The van der Waals surface area contributed by atoms with Gasteiger partial charge in [-0.3, -0.25) is 0 Å². The molecule has 1 saturated heterocycles. The van der Waals surface area contributed by atoms with Crippen molar-refractivity contribution in [2.45, 2.75) is 44.2 Å². The van der Waals surface area contributed by atoms with E-state index in [1.807, 2.05) is 84.9 Å². The van der Waals surface area contributed by atoms with Gasteiger partial charge in [0.25, 0.3) is 0 Å². The summed E-state index contributed by atoms with van der Waals surface area (Å²) < 4.78 is 20.1. The molecule has 2 heterocycles. The molecule has 0 spiro atoms. The van der Waals surface area contributed by atoms with E-state index in [0.29, 0.717) is 5.57 Å². The third kappa shape index (κ3) is 6.20. The van der Waals surface area contributed by atoms with E-state index < -0.39 is 45.0 Å². The van der Waals surface area contributed by atoms with Crippen molar-refractivity contribution in [2.75, 3.05) is 11.9 Å². The molecule has 3 atom stereocenters. The number of carbonyl (C=O) groups is 3. The zero-order valence-corrected chi connectivity index (χ0v) is 30.3. The van der Waals surface area contributed by atoms with Crippen LogP contribution in [0, 0.1) is 0 Å². The molecule has 0 aliphatic carbocycles. The molecular formula is C38H38BrN2O5PS. The first-order valence-corrected chi connectivity index (χ1v) is 21.6. The van der Waals surface area contributed by atoms with Crippen LogP contribution in [0.4, 0.5) is 0 Å². The van der Waals surface area contributed by atoms with Gasteiger partial charge in [-0.05, 0) is 0 Å². The molecule has 0 bridgehead atoms. The van der Waals surface area contributed by atoms with Gasteiger partial charge in [0, 0.05) is 0 Å². The third-order valence-electron chi connectivity index (χ3n) is 8.69. The molecule has 1 N–H and O–H groups in total. The molecule has 48 heavy (non-hydrogen) atoms. The average Bonchev–Trinajstić information content (AvgIpc) is 3.08. The summed E-state index contributed by atoms with van der Waals surface area (Å²) in [5.41, 5.74) is 0.611. The SMILES string of the molecule is CC(C)(C)OC(=O)C1=C(CP(Br)(c2ccccc2)(c2ccccc2)c2ccccc2)CS(=O)[C@@H]2[C@H](NC(=O)Cc3ccccc3)C(=O)N12. The van der Waals surface area contributed by atoms with Crippen molar-refractivity contribution in [3.63, 3.8) is 0 Å². The van der Waals surface area contributed by atoms with E-state index in [0.717, 1.165) is 21.5 Å². The van der Waals surface area contributed by atoms with Gasteiger partial charge < -0.3 is 0 Å². The fraction of sp³-hybridized carbons (Fsp3) is 0.237. The van der Waals surface area contributed by atoms with Gasteiger partial charge in [0.05, 0.1) is 0 Å². The number of hydrogen-bond acceptors (Lipinski definition) is 5. The van der Waals surface area contributed by atoms with Crippen molar-refractivity contribution in [2.24, 2.45) is 0 Å². The van der Waals surface area contributed by atoms with Gasteiger partial charge >= 0.3 is 287 Å². The molecule has 0 radical (unpaired) electrons. The Hall–Kier alpha value is -3.91. The quantitative estimate of drug-likeness (QED) is 0.147. The number of β-lactam (4-membered cyclic amide) rings is 1. The van der Waals surface area contributed by atoms with Crippen LogP contribution in [0.1, 0.15) is 26.3 Å². The Morgan fingerprint density at radius 2 is 1.29 bits per heavy atom. The van der Waals surface area contributed by atoms with Gasteiger partial charge in [-0.2, -0.15) is 0 Å². The molecule has 10 heteroatoms. The molecule has 1 unspecified atom stereocenters. The molecule has 2 aliphatic rings. The number of hydrogen-bond donors (Lipinski definition) is 1. The molecule has 0 saturated carbocycles. The zero-order chi connectivity index (χ0) is 34.1. The van der Waals surface area contributed by atoms with Crippen LogP contribution in [-0.4, -0.2) is 55.8 Å². The van der Waals surface area contributed by atoms with Crippen LogP contribution in [0.3, 0.4) is 0 Å². The van der Waals surface area contributed by atoms with Crippen molar-refractivity contribution in [3.05, 3.63) is 138 Å². The number of rotatable bonds is 9. The Balaban J connectivity index is 1.49. The van der Waals surface area contributed by atoms with Crippen molar-refractivity contribution >= 4 is 65.3 Å². The molecule has 4 aromatic carbocycles. The predicted octanol–water partition coefficient (Wildman–Crippen LogP) is 5.08. The number of halogens is 1. The van der Waals surface area contributed by atoms with Crippen molar-refractivity contribution in [3.8, 4) is 0 Å². The maximum absolute atomic E-state index is 14.2. The molecule has 4 aromatic rings. The van der Waals surface area contributed by atoms with Crippen molar-refractivity contribution in [1.82, 2.24) is 10.2 Å². The minimum absolute atomic E-state index is 0.0318. The summed E-state index contributed by atoms with van der Waals surface area (Å²) in [7, 11) is -1.63. The van der Waals surface area contributed by atoms with Crippen LogP contribution < -0.4 is 21.2 Å². The molecule has 7 nitrogen and oxygen atoms in total. The van der Waals surface area contributed by atoms with Crippen LogP contribution in [0.15, 0.2) is 133 Å². The Labute approximate surface area is 291 Å². The first-order chi connectivity index (χ1) is 22.9. The summed E-state index contributed by atoms with van der Waals surface area (Å²) in [6.45, 7) is 5.32. The number of ether oxygens (including phenoxy) is 1. The number of benzene rings is 4. The van der Waals surface area contributed by atoms with Gasteiger partial charge in [0.1, 0.15) is 0 Å². The number of carbonyl (C=O) groups excluding carboxylic acids is 3. The summed E-state index contributed by atoms with van der Waals surface area (Å²) >= 11 is 4.44. The summed E-state index contributed by atoms with van der Waals surface area (Å²) in [5.74, 6) is -1.47. The van der Waals surface area contributed by atoms with E-state index in [4.69, 9.17) is 4.74 Å². The second-order valence-electron chi connectivity index (χ2n) is 13.1. The summed E-state index contributed by atoms with van der Waals surface area (Å²) in [5, 5.41) is 1.32. The predicted molar refractivity (Wildman–Crippen MR) is 198 cm³/mol. The van der Waals surface area contributed by atoms with Gasteiger partial charge in [0.2, 0.25) is 0 Å². The number of fused-ring (bicyclic) bond motifs is 1. The number of nitrogens with zero attached hydrogens (tertiary/aromatic N) is 1. The van der Waals surface area contributed by atoms with Crippen LogP contribution in [0.2, 0.25) is 0 Å². The molecular weight excluding hydrogens is 707 g/mol. The van der Waals surface area contributed by atoms with E-state index in [9.17, 15) is 18.6 Å². The monoisotopic (exact) mass is 744 g/mol. The van der Waals surface area contributed by atoms with E-state index >= 15 is 0 Å². The fourth-order valence-electron chi connectivity index (χ4n) is 6.59. The molecule has 248 valence electrons. The Morgan fingerprint density at radius 3 is 1.75 bits per heavy atom. The van der Waals surface area contributed by atoms with Gasteiger partial charge in [-0.15, -0.1) is 0 Å². The van der Waals surface area contributed by atoms with Crippen LogP contribution >= 0.6 is 20.8 Å². The van der Waals surface area contributed by atoms with Crippen LogP contribution in [0.5, 0.6) is 0 Å². The second kappa shape index (κ2) is 13.2. The van der Waals surface area contributed by atoms with E-state index in [-0.39, 0.29) is 29.9 Å². The maximum atomic E-state index is 14.2. The van der Waals surface area contributed by atoms with E-state index in [2.05, 4.69) is 57.2 Å². The third-order valence-corrected chi connectivity index (χ3v) is 19.9. The fourth-order valence-corrected chi connectivity index (χ4v) is 16.3. The summed E-state index contributed by atoms with van der Waals surface area (Å²) in [6, 6.07) is 38.5. The molecule has 1 fully saturated rings. The first kappa shape index (κ1) is 34.0. The van der Waals surface area contributed by atoms with Crippen LogP contribution in [-0.2, 0) is 36.3 Å². The normalized spacial score (nSPS) is 20.2. The first-order valence-electron chi connectivity index (χ1n) is 15.8. The second-order valence-corrected chi connectivity index (χ2v) is 23.6. The van der Waals surface area contributed by atoms with E-state index in [1.54, 1.807) is 20.8 Å². The Bertz CT molecular complexity index is 1800. The van der Waals surface area contributed by atoms with Gasteiger partial charge in [-0.25, -0.2) is 0 Å². The van der Waals surface area contributed by atoms with Gasteiger partial charge in [0.15, 0.2) is 0 Å². The zero-order valence-electron chi connectivity index (χ0n) is 27.0. The molecule has 2 aliphatic heterocycles. The Kier molecular flexibility index (Phi) is 9.33. The van der Waals surface area contributed by atoms with Gasteiger partial charge in [-0.1, -0.05) is 6.07 Å². The minimum atomic E-state index is -3.65. The molecule has 0 aromatic heterocycles.